The Bertz CT molecular complexity index is 742. The smallest absolute Gasteiger partial charge is 0.231 e. The largest absolute Gasteiger partial charge is 0.360 e. The lowest BCUT2D eigenvalue weighted by atomic mass is 10.1. The van der Waals surface area contributed by atoms with Crippen LogP contribution in [0.5, 0.6) is 0 Å². The molecule has 0 unspecified atom stereocenters. The maximum Gasteiger partial charge on any atom is 0.231 e. The lowest BCUT2D eigenvalue weighted by Gasteiger charge is -2.18. The quantitative estimate of drug-likeness (QED) is 0.534. The molecule has 1 fully saturated rings. The normalized spacial score (nSPS) is 15.2. The molecule has 2 aromatic rings. The van der Waals surface area contributed by atoms with Gasteiger partial charge in [-0.15, -0.1) is 0 Å². The molecule has 0 bridgehead atoms. The van der Waals surface area contributed by atoms with Crippen molar-refractivity contribution in [2.45, 2.75) is 51.5 Å². The van der Waals surface area contributed by atoms with Crippen molar-refractivity contribution in [1.82, 2.24) is 15.3 Å². The summed E-state index contributed by atoms with van der Waals surface area (Å²) in [6.45, 7) is 1.89. The number of benzene rings is 1. The summed E-state index contributed by atoms with van der Waals surface area (Å²) in [6.07, 6.45) is 7.39. The molecule has 1 aromatic heterocycles. The number of aryl methyl sites for hydroxylation is 1. The predicted molar refractivity (Wildman–Crippen MR) is 107 cm³/mol. The summed E-state index contributed by atoms with van der Waals surface area (Å²) in [5, 5.41) is 10.2. The van der Waals surface area contributed by atoms with E-state index < -0.39 is 0 Å². The number of nitrogens with one attached hydrogen (secondary N) is 3. The Kier molecular flexibility index (Phi) is 6.33. The van der Waals surface area contributed by atoms with Crippen LogP contribution in [0.3, 0.4) is 0 Å². The van der Waals surface area contributed by atoms with Crippen LogP contribution >= 0.6 is 12.2 Å². The van der Waals surface area contributed by atoms with Crippen LogP contribution in [-0.4, -0.2) is 21.1 Å². The van der Waals surface area contributed by atoms with E-state index in [1.165, 1.54) is 37.8 Å². The van der Waals surface area contributed by atoms with Crippen LogP contribution in [-0.2, 0) is 0 Å². The number of halogens is 1. The van der Waals surface area contributed by atoms with E-state index >= 15 is 0 Å². The first-order chi connectivity index (χ1) is 12.6. The fourth-order valence-corrected chi connectivity index (χ4v) is 3.37. The lowest BCUT2D eigenvalue weighted by Crippen LogP contribution is -2.37. The second-order valence-electron chi connectivity index (χ2n) is 6.64. The van der Waals surface area contributed by atoms with Crippen molar-refractivity contribution in [3.63, 3.8) is 0 Å². The molecule has 0 aliphatic heterocycles. The second kappa shape index (κ2) is 8.89. The van der Waals surface area contributed by atoms with E-state index in [4.69, 9.17) is 12.2 Å². The minimum atomic E-state index is -0.272. The maximum atomic E-state index is 13.0. The van der Waals surface area contributed by atoms with Gasteiger partial charge in [0, 0.05) is 23.5 Å². The fraction of sp³-hybridized carbons (Fsp3) is 0.421. The highest BCUT2D eigenvalue weighted by Crippen LogP contribution is 2.19. The van der Waals surface area contributed by atoms with Gasteiger partial charge in [0.05, 0.1) is 0 Å². The fourth-order valence-electron chi connectivity index (χ4n) is 3.12. The molecule has 7 heteroatoms. The van der Waals surface area contributed by atoms with Crippen LogP contribution < -0.4 is 16.0 Å². The topological polar surface area (TPSA) is 61.9 Å². The van der Waals surface area contributed by atoms with Gasteiger partial charge in [0.15, 0.2) is 5.11 Å². The first-order valence-corrected chi connectivity index (χ1v) is 9.45. The zero-order valence-electron chi connectivity index (χ0n) is 14.9. The van der Waals surface area contributed by atoms with Gasteiger partial charge in [-0.1, -0.05) is 25.7 Å². The third-order valence-corrected chi connectivity index (χ3v) is 4.61. The highest BCUT2D eigenvalue weighted by molar-refractivity contribution is 7.80. The molecule has 26 heavy (non-hydrogen) atoms. The van der Waals surface area contributed by atoms with Gasteiger partial charge in [-0.25, -0.2) is 9.37 Å². The molecule has 5 nitrogen and oxygen atoms in total. The summed E-state index contributed by atoms with van der Waals surface area (Å²) in [6, 6.07) is 8.38. The molecular formula is C19H24FN5S. The Morgan fingerprint density at radius 1 is 1.08 bits per heavy atom. The van der Waals surface area contributed by atoms with E-state index in [2.05, 4.69) is 25.9 Å². The van der Waals surface area contributed by atoms with Crippen LogP contribution in [0.25, 0.3) is 0 Å². The number of thiocarbonyl (C=S) groups is 1. The zero-order chi connectivity index (χ0) is 18.4. The van der Waals surface area contributed by atoms with Crippen LogP contribution in [0.2, 0.25) is 0 Å². The summed E-state index contributed by atoms with van der Waals surface area (Å²) >= 11 is 5.43. The number of aromatic nitrogens is 2. The van der Waals surface area contributed by atoms with E-state index in [0.717, 1.165) is 24.2 Å². The summed E-state index contributed by atoms with van der Waals surface area (Å²) < 4.78 is 13.0. The Hall–Kier alpha value is -2.28. The number of rotatable bonds is 4. The highest BCUT2D eigenvalue weighted by atomic mass is 32.1. The molecular weight excluding hydrogens is 349 g/mol. The molecule has 0 saturated heterocycles. The van der Waals surface area contributed by atoms with Gasteiger partial charge in [-0.05, 0) is 56.2 Å². The predicted octanol–water partition coefficient (Wildman–Crippen LogP) is 4.68. The Balaban J connectivity index is 1.63. The van der Waals surface area contributed by atoms with E-state index in [-0.39, 0.29) is 5.82 Å². The molecule has 0 spiro atoms. The van der Waals surface area contributed by atoms with Crippen molar-refractivity contribution in [3.05, 3.63) is 41.8 Å². The maximum absolute atomic E-state index is 13.0. The minimum Gasteiger partial charge on any atom is -0.360 e. The molecule has 1 aromatic carbocycles. The number of anilines is 3. The van der Waals surface area contributed by atoms with Gasteiger partial charge in [-0.3, -0.25) is 0 Å². The second-order valence-corrected chi connectivity index (χ2v) is 7.05. The van der Waals surface area contributed by atoms with Crippen molar-refractivity contribution >= 4 is 34.8 Å². The molecule has 0 radical (unpaired) electrons. The van der Waals surface area contributed by atoms with Gasteiger partial charge >= 0.3 is 0 Å². The van der Waals surface area contributed by atoms with Gasteiger partial charge in [0.1, 0.15) is 11.6 Å². The van der Waals surface area contributed by atoms with Crippen molar-refractivity contribution in [3.8, 4) is 0 Å². The summed E-state index contributed by atoms with van der Waals surface area (Å²) in [4.78, 5) is 8.84. The highest BCUT2D eigenvalue weighted by Gasteiger charge is 2.13. The first-order valence-electron chi connectivity index (χ1n) is 9.04. The molecule has 1 aliphatic rings. The van der Waals surface area contributed by atoms with E-state index in [0.29, 0.717) is 22.9 Å². The standard InChI is InChI=1S/C19H24FN5S/c1-13-12-17(22-16-10-8-14(20)9-11-16)24-18(21-13)25-19(26)23-15-6-4-2-3-5-7-15/h8-12,15H,2-7H2,1H3,(H3,21,22,23,24,25,26). The van der Waals surface area contributed by atoms with Crippen LogP contribution in [0, 0.1) is 12.7 Å². The van der Waals surface area contributed by atoms with Crippen molar-refractivity contribution < 1.29 is 4.39 Å². The molecule has 0 amide bonds. The van der Waals surface area contributed by atoms with Crippen LogP contribution in [0.15, 0.2) is 30.3 Å². The average Bonchev–Trinajstić information content (AvgIpc) is 2.85. The third-order valence-electron chi connectivity index (χ3n) is 4.39. The third kappa shape index (κ3) is 5.62. The molecule has 1 saturated carbocycles. The van der Waals surface area contributed by atoms with E-state index in [1.54, 1.807) is 12.1 Å². The molecule has 1 heterocycles. The Labute approximate surface area is 158 Å². The monoisotopic (exact) mass is 373 g/mol. The van der Waals surface area contributed by atoms with Crippen LogP contribution in [0.1, 0.15) is 44.2 Å². The number of hydrogen-bond acceptors (Lipinski definition) is 4. The Morgan fingerprint density at radius 2 is 1.77 bits per heavy atom. The van der Waals surface area contributed by atoms with E-state index in [1.807, 2.05) is 13.0 Å². The first kappa shape index (κ1) is 18.5. The minimum absolute atomic E-state index is 0.272. The average molecular weight is 374 g/mol. The van der Waals surface area contributed by atoms with Crippen molar-refractivity contribution in [2.75, 3.05) is 10.6 Å². The van der Waals surface area contributed by atoms with Gasteiger partial charge in [0.25, 0.3) is 0 Å². The van der Waals surface area contributed by atoms with Crippen molar-refractivity contribution in [1.29, 1.82) is 0 Å². The SMILES string of the molecule is Cc1cc(Nc2ccc(F)cc2)nc(NC(=S)NC2CCCCCC2)n1. The molecule has 0 atom stereocenters. The molecule has 1 aliphatic carbocycles. The molecule has 3 N–H and O–H groups in total. The van der Waals surface area contributed by atoms with Gasteiger partial charge in [-0.2, -0.15) is 4.98 Å². The summed E-state index contributed by atoms with van der Waals surface area (Å²) in [7, 11) is 0. The van der Waals surface area contributed by atoms with Gasteiger partial charge < -0.3 is 16.0 Å². The number of hydrogen-bond donors (Lipinski definition) is 3. The zero-order valence-corrected chi connectivity index (χ0v) is 15.7. The lowest BCUT2D eigenvalue weighted by molar-refractivity contribution is 0.535. The molecule has 3 rings (SSSR count). The van der Waals surface area contributed by atoms with Gasteiger partial charge in [0.2, 0.25) is 5.95 Å². The Morgan fingerprint density at radius 3 is 2.46 bits per heavy atom. The number of nitrogens with zero attached hydrogens (tertiary/aromatic N) is 2. The van der Waals surface area contributed by atoms with Crippen molar-refractivity contribution in [2.24, 2.45) is 0 Å². The summed E-state index contributed by atoms with van der Waals surface area (Å²) in [5.41, 5.74) is 1.57. The van der Waals surface area contributed by atoms with Crippen LogP contribution in [0.4, 0.5) is 21.8 Å². The summed E-state index contributed by atoms with van der Waals surface area (Å²) in [5.74, 6) is 0.802. The van der Waals surface area contributed by atoms with E-state index in [9.17, 15) is 4.39 Å². The molecule has 138 valence electrons.